The van der Waals surface area contributed by atoms with Gasteiger partial charge in [-0.25, -0.2) is 0 Å². The monoisotopic (exact) mass is 361 g/mol. The van der Waals surface area contributed by atoms with E-state index in [1.165, 1.54) is 16.7 Å². The molecule has 3 nitrogen and oxygen atoms in total. The van der Waals surface area contributed by atoms with Crippen LogP contribution in [0.4, 0.5) is 0 Å². The average molecular weight is 361 g/mol. The Morgan fingerprint density at radius 3 is 2.78 bits per heavy atom. The Kier molecular flexibility index (Phi) is 3.90. The number of nitrogens with zero attached hydrogens (tertiary/aromatic N) is 1. The van der Waals surface area contributed by atoms with Crippen molar-refractivity contribution in [3.8, 4) is 5.75 Å². The highest BCUT2D eigenvalue weighted by Crippen LogP contribution is 2.62. The number of aromatic nitrogens is 1. The van der Waals surface area contributed by atoms with Gasteiger partial charge in [-0.15, -0.1) is 0 Å². The van der Waals surface area contributed by atoms with E-state index in [0.29, 0.717) is 23.5 Å². The van der Waals surface area contributed by atoms with Gasteiger partial charge in [0.25, 0.3) is 0 Å². The highest BCUT2D eigenvalue weighted by Gasteiger charge is 2.56. The first kappa shape index (κ1) is 17.0. The van der Waals surface area contributed by atoms with Crippen LogP contribution in [0.2, 0.25) is 0 Å². The van der Waals surface area contributed by atoms with Crippen LogP contribution in [-0.4, -0.2) is 21.3 Å². The molecule has 3 aliphatic rings. The zero-order valence-electron chi connectivity index (χ0n) is 15.8. The van der Waals surface area contributed by atoms with Crippen molar-refractivity contribution in [1.29, 1.82) is 0 Å². The molecule has 0 aliphatic heterocycles. The molecule has 0 amide bonds. The van der Waals surface area contributed by atoms with Crippen molar-refractivity contribution in [2.45, 2.75) is 51.0 Å². The molecule has 0 radical (unpaired) electrons. The molecular formula is C24H27NO2. The molecule has 0 bridgehead atoms. The maximum Gasteiger partial charge on any atom is 0.115 e. The van der Waals surface area contributed by atoms with Crippen molar-refractivity contribution < 1.29 is 10.2 Å². The Morgan fingerprint density at radius 1 is 1.15 bits per heavy atom. The van der Waals surface area contributed by atoms with Gasteiger partial charge in [0.05, 0.1) is 6.10 Å². The van der Waals surface area contributed by atoms with E-state index in [1.54, 1.807) is 0 Å². The standard InChI is InChI=1S/C24H27NO2/c1-24-9-6-20-19-5-3-18(26)13-16(19)2-4-21(20)22(24)14-17(23(24)27)12-15-7-10-25-11-8-15/h3,5,7-8,10-13,20-23,26-27H,2,4,6,9,14H2,1H3/t20?,21?,22?,23-,24-/m0/s1. The molecule has 2 N–H and O–H groups in total. The van der Waals surface area contributed by atoms with Crippen LogP contribution in [0, 0.1) is 17.3 Å². The van der Waals surface area contributed by atoms with Crippen molar-refractivity contribution >= 4 is 6.08 Å². The summed E-state index contributed by atoms with van der Waals surface area (Å²) in [4.78, 5) is 4.10. The third-order valence-electron chi connectivity index (χ3n) is 7.64. The molecule has 1 aromatic heterocycles. The Bertz CT molecular complexity index is 891. The van der Waals surface area contributed by atoms with Gasteiger partial charge in [0.15, 0.2) is 0 Å². The van der Waals surface area contributed by atoms with E-state index in [4.69, 9.17) is 0 Å². The summed E-state index contributed by atoms with van der Waals surface area (Å²) in [5.41, 5.74) is 5.06. The van der Waals surface area contributed by atoms with Gasteiger partial charge in [0.1, 0.15) is 5.75 Å². The first-order valence-corrected chi connectivity index (χ1v) is 10.2. The molecule has 2 saturated carbocycles. The number of phenols is 1. The second-order valence-corrected chi connectivity index (χ2v) is 8.95. The summed E-state index contributed by atoms with van der Waals surface area (Å²) in [6.07, 6.45) is 10.8. The van der Waals surface area contributed by atoms with Crippen molar-refractivity contribution in [3.63, 3.8) is 0 Å². The Hall–Kier alpha value is -2.13. The fourth-order valence-corrected chi connectivity index (χ4v) is 6.24. The fraction of sp³-hybridized carbons (Fsp3) is 0.458. The smallest absolute Gasteiger partial charge is 0.115 e. The molecule has 2 fully saturated rings. The quantitative estimate of drug-likeness (QED) is 0.774. The first-order valence-electron chi connectivity index (χ1n) is 10.2. The summed E-state index contributed by atoms with van der Waals surface area (Å²) in [6, 6.07) is 9.96. The van der Waals surface area contributed by atoms with Crippen LogP contribution in [-0.2, 0) is 6.42 Å². The van der Waals surface area contributed by atoms with Crippen LogP contribution in [0.15, 0.2) is 48.3 Å². The number of hydrogen-bond acceptors (Lipinski definition) is 3. The first-order chi connectivity index (χ1) is 13.1. The van der Waals surface area contributed by atoms with Crippen molar-refractivity contribution in [3.05, 3.63) is 65.0 Å². The normalized spacial score (nSPS) is 36.1. The van der Waals surface area contributed by atoms with Crippen molar-refractivity contribution in [2.24, 2.45) is 17.3 Å². The molecule has 1 aromatic carbocycles. The highest BCUT2D eigenvalue weighted by molar-refractivity contribution is 5.55. The number of aliphatic hydroxyl groups excluding tert-OH is 1. The molecule has 0 saturated heterocycles. The summed E-state index contributed by atoms with van der Waals surface area (Å²) in [5.74, 6) is 2.10. The van der Waals surface area contributed by atoms with E-state index in [9.17, 15) is 10.2 Å². The fourth-order valence-electron chi connectivity index (χ4n) is 6.24. The van der Waals surface area contributed by atoms with Gasteiger partial charge < -0.3 is 10.2 Å². The lowest BCUT2D eigenvalue weighted by Crippen LogP contribution is -2.44. The Morgan fingerprint density at radius 2 is 1.96 bits per heavy atom. The van der Waals surface area contributed by atoms with Crippen LogP contribution in [0.1, 0.15) is 55.2 Å². The number of aryl methyl sites for hydroxylation is 1. The molecule has 3 heteroatoms. The topological polar surface area (TPSA) is 53.4 Å². The summed E-state index contributed by atoms with van der Waals surface area (Å²) in [7, 11) is 0. The number of fused-ring (bicyclic) bond motifs is 5. The zero-order chi connectivity index (χ0) is 18.6. The minimum Gasteiger partial charge on any atom is -0.508 e. The average Bonchev–Trinajstić information content (AvgIpc) is 2.93. The number of benzene rings is 1. The lowest BCUT2D eigenvalue weighted by molar-refractivity contribution is -0.0158. The van der Waals surface area contributed by atoms with E-state index >= 15 is 0 Å². The van der Waals surface area contributed by atoms with Gasteiger partial charge in [-0.2, -0.15) is 0 Å². The van der Waals surface area contributed by atoms with E-state index < -0.39 is 0 Å². The van der Waals surface area contributed by atoms with E-state index in [0.717, 1.165) is 37.7 Å². The predicted octanol–water partition coefficient (Wildman–Crippen LogP) is 4.70. The summed E-state index contributed by atoms with van der Waals surface area (Å²) < 4.78 is 0. The van der Waals surface area contributed by atoms with Gasteiger partial charge in [0, 0.05) is 17.8 Å². The Balaban J connectivity index is 1.49. The van der Waals surface area contributed by atoms with Gasteiger partial charge in [-0.05, 0) is 96.4 Å². The zero-order valence-corrected chi connectivity index (χ0v) is 15.8. The van der Waals surface area contributed by atoms with Crippen molar-refractivity contribution in [2.75, 3.05) is 0 Å². The maximum atomic E-state index is 11.2. The lowest BCUT2D eigenvalue weighted by atomic mass is 9.55. The highest BCUT2D eigenvalue weighted by atomic mass is 16.3. The molecule has 3 aliphatic carbocycles. The number of pyridine rings is 1. The molecule has 2 aromatic rings. The molecule has 3 unspecified atom stereocenters. The number of rotatable bonds is 1. The van der Waals surface area contributed by atoms with Gasteiger partial charge >= 0.3 is 0 Å². The van der Waals surface area contributed by atoms with Crippen LogP contribution < -0.4 is 0 Å². The van der Waals surface area contributed by atoms with Gasteiger partial charge in [0.2, 0.25) is 0 Å². The third-order valence-corrected chi connectivity index (χ3v) is 7.64. The van der Waals surface area contributed by atoms with E-state index in [-0.39, 0.29) is 11.5 Å². The van der Waals surface area contributed by atoms with E-state index in [1.807, 2.05) is 36.7 Å². The molecule has 5 atom stereocenters. The second-order valence-electron chi connectivity index (χ2n) is 8.95. The van der Waals surface area contributed by atoms with Gasteiger partial charge in [-0.3, -0.25) is 4.98 Å². The predicted molar refractivity (Wildman–Crippen MR) is 106 cm³/mol. The van der Waals surface area contributed by atoms with E-state index in [2.05, 4.69) is 24.1 Å². The molecule has 5 rings (SSSR count). The van der Waals surface area contributed by atoms with Crippen LogP contribution in [0.3, 0.4) is 0 Å². The second kappa shape index (κ2) is 6.20. The van der Waals surface area contributed by atoms with Crippen LogP contribution in [0.25, 0.3) is 6.08 Å². The molecule has 27 heavy (non-hydrogen) atoms. The maximum absolute atomic E-state index is 11.2. The number of phenolic OH excluding ortho intramolecular Hbond substituents is 1. The largest absolute Gasteiger partial charge is 0.508 e. The molecular weight excluding hydrogens is 334 g/mol. The Labute approximate surface area is 160 Å². The summed E-state index contributed by atoms with van der Waals surface area (Å²) >= 11 is 0. The van der Waals surface area contributed by atoms with Crippen molar-refractivity contribution in [1.82, 2.24) is 4.98 Å². The number of aromatic hydroxyl groups is 1. The van der Waals surface area contributed by atoms with Crippen LogP contribution in [0.5, 0.6) is 5.75 Å². The minimum atomic E-state index is -0.349. The van der Waals surface area contributed by atoms with Gasteiger partial charge in [-0.1, -0.05) is 19.1 Å². The minimum absolute atomic E-state index is 0.0194. The number of aliphatic hydroxyl groups is 1. The number of hydrogen-bond donors (Lipinski definition) is 2. The lowest BCUT2D eigenvalue weighted by Gasteiger charge is -2.49. The molecule has 1 heterocycles. The molecule has 140 valence electrons. The summed E-state index contributed by atoms with van der Waals surface area (Å²) in [5, 5.41) is 21.0. The SMILES string of the molecule is C[C@]12CCC3c4ccc(O)cc4CCC3C1CC(=Cc1ccncc1)[C@@H]2O. The molecule has 0 spiro atoms. The third kappa shape index (κ3) is 2.63. The van der Waals surface area contributed by atoms with Crippen LogP contribution >= 0.6 is 0 Å². The summed E-state index contributed by atoms with van der Waals surface area (Å²) in [6.45, 7) is 2.30.